The molecule has 2 rings (SSSR count). The Balaban J connectivity index is 2.69. The molecule has 0 aliphatic rings. The molecular weight excluding hydrogens is 338 g/mol. The van der Waals surface area contributed by atoms with Crippen LogP contribution >= 0.6 is 23.2 Å². The van der Waals surface area contributed by atoms with Gasteiger partial charge in [0, 0.05) is 15.6 Å². The standard InChI is InChI=1S/C13H3Cl2F5O/c14-5-1-4(2-6(15)3-5)13(21)7-8(16)10(18)12(20)11(19)9(7)17/h1-3H. The van der Waals surface area contributed by atoms with E-state index >= 15 is 0 Å². The lowest BCUT2D eigenvalue weighted by molar-refractivity contribution is 0.102. The highest BCUT2D eigenvalue weighted by Gasteiger charge is 2.30. The normalized spacial score (nSPS) is 10.8. The summed E-state index contributed by atoms with van der Waals surface area (Å²) in [4.78, 5) is 12.0. The lowest BCUT2D eigenvalue weighted by Crippen LogP contribution is -2.13. The van der Waals surface area contributed by atoms with E-state index in [0.717, 1.165) is 12.1 Å². The van der Waals surface area contributed by atoms with Crippen LogP contribution in [0, 0.1) is 29.1 Å². The van der Waals surface area contributed by atoms with Crippen LogP contribution in [0.3, 0.4) is 0 Å². The van der Waals surface area contributed by atoms with Crippen LogP contribution in [0.1, 0.15) is 15.9 Å². The van der Waals surface area contributed by atoms with Crippen LogP contribution in [-0.2, 0) is 0 Å². The number of carbonyl (C=O) groups excluding carboxylic acids is 1. The van der Waals surface area contributed by atoms with Gasteiger partial charge in [0.25, 0.3) is 0 Å². The molecule has 0 aromatic heterocycles. The fourth-order valence-electron chi connectivity index (χ4n) is 1.63. The molecule has 0 saturated heterocycles. The minimum absolute atomic E-state index is 0.0327. The van der Waals surface area contributed by atoms with Crippen molar-refractivity contribution in [1.82, 2.24) is 0 Å². The van der Waals surface area contributed by atoms with Gasteiger partial charge in [0.1, 0.15) is 5.56 Å². The highest BCUT2D eigenvalue weighted by Crippen LogP contribution is 2.27. The lowest BCUT2D eigenvalue weighted by atomic mass is 10.0. The molecule has 0 spiro atoms. The van der Waals surface area contributed by atoms with E-state index in [2.05, 4.69) is 0 Å². The van der Waals surface area contributed by atoms with Gasteiger partial charge in [-0.15, -0.1) is 0 Å². The second kappa shape index (κ2) is 5.61. The Morgan fingerprint density at radius 1 is 0.714 bits per heavy atom. The van der Waals surface area contributed by atoms with E-state index < -0.39 is 46.0 Å². The van der Waals surface area contributed by atoms with Crippen LogP contribution in [-0.4, -0.2) is 5.78 Å². The Kier molecular flexibility index (Phi) is 4.20. The number of rotatable bonds is 2. The Morgan fingerprint density at radius 2 is 1.10 bits per heavy atom. The summed E-state index contributed by atoms with van der Waals surface area (Å²) in [5.41, 5.74) is -1.97. The summed E-state index contributed by atoms with van der Waals surface area (Å²) in [6, 6.07) is 3.22. The molecule has 0 aliphatic heterocycles. The van der Waals surface area contributed by atoms with Crippen LogP contribution < -0.4 is 0 Å². The maximum Gasteiger partial charge on any atom is 0.200 e. The molecule has 0 radical (unpaired) electrons. The van der Waals surface area contributed by atoms with Gasteiger partial charge in [-0.2, -0.15) is 0 Å². The van der Waals surface area contributed by atoms with E-state index in [1.807, 2.05) is 0 Å². The molecule has 0 fully saturated rings. The quantitative estimate of drug-likeness (QED) is 0.328. The molecule has 0 atom stereocenters. The fourth-order valence-corrected chi connectivity index (χ4v) is 2.16. The zero-order chi connectivity index (χ0) is 15.9. The number of hydrogen-bond acceptors (Lipinski definition) is 1. The molecule has 0 saturated carbocycles. The third-order valence-corrected chi connectivity index (χ3v) is 3.00. The first-order valence-electron chi connectivity index (χ1n) is 5.26. The van der Waals surface area contributed by atoms with Crippen molar-refractivity contribution in [2.45, 2.75) is 0 Å². The van der Waals surface area contributed by atoms with Crippen molar-refractivity contribution in [3.63, 3.8) is 0 Å². The third kappa shape index (κ3) is 2.73. The van der Waals surface area contributed by atoms with Crippen LogP contribution in [0.4, 0.5) is 22.0 Å². The summed E-state index contributed by atoms with van der Waals surface area (Å²) in [6.45, 7) is 0. The average Bonchev–Trinajstić information content (AvgIpc) is 2.42. The molecule has 0 amide bonds. The summed E-state index contributed by atoms with van der Waals surface area (Å²) < 4.78 is 66.1. The monoisotopic (exact) mass is 340 g/mol. The number of halogens is 7. The lowest BCUT2D eigenvalue weighted by Gasteiger charge is -2.08. The largest absolute Gasteiger partial charge is 0.288 e. The van der Waals surface area contributed by atoms with Gasteiger partial charge in [-0.1, -0.05) is 23.2 Å². The van der Waals surface area contributed by atoms with Crippen LogP contribution in [0.2, 0.25) is 10.0 Å². The van der Waals surface area contributed by atoms with Gasteiger partial charge < -0.3 is 0 Å². The molecule has 2 aromatic rings. The molecule has 8 heteroatoms. The fraction of sp³-hybridized carbons (Fsp3) is 0. The minimum Gasteiger partial charge on any atom is -0.288 e. The van der Waals surface area contributed by atoms with Crippen molar-refractivity contribution < 1.29 is 26.7 Å². The first-order chi connectivity index (χ1) is 9.73. The van der Waals surface area contributed by atoms with E-state index in [0.29, 0.717) is 0 Å². The van der Waals surface area contributed by atoms with E-state index in [4.69, 9.17) is 23.2 Å². The number of ketones is 1. The Morgan fingerprint density at radius 3 is 1.52 bits per heavy atom. The molecular formula is C13H3Cl2F5O. The molecule has 1 nitrogen and oxygen atoms in total. The molecule has 2 aromatic carbocycles. The van der Waals surface area contributed by atoms with E-state index in [1.54, 1.807) is 0 Å². The van der Waals surface area contributed by atoms with Gasteiger partial charge in [0.2, 0.25) is 5.82 Å². The van der Waals surface area contributed by atoms with Gasteiger partial charge in [-0.05, 0) is 18.2 Å². The summed E-state index contributed by atoms with van der Waals surface area (Å²) in [5.74, 6) is -12.6. The molecule has 0 N–H and O–H groups in total. The predicted molar refractivity (Wildman–Crippen MR) is 66.1 cm³/mol. The molecule has 21 heavy (non-hydrogen) atoms. The van der Waals surface area contributed by atoms with E-state index in [-0.39, 0.29) is 10.0 Å². The van der Waals surface area contributed by atoms with Crippen molar-refractivity contribution in [3.8, 4) is 0 Å². The molecule has 0 unspecified atom stereocenters. The second-order valence-corrected chi connectivity index (χ2v) is 4.81. The first-order valence-corrected chi connectivity index (χ1v) is 6.01. The zero-order valence-corrected chi connectivity index (χ0v) is 11.3. The maximum absolute atomic E-state index is 13.5. The Bertz CT molecular complexity index is 711. The zero-order valence-electron chi connectivity index (χ0n) is 9.79. The summed E-state index contributed by atoms with van der Waals surface area (Å²) >= 11 is 11.2. The Hall–Kier alpha value is -1.66. The number of hydrogen-bond donors (Lipinski definition) is 0. The SMILES string of the molecule is O=C(c1cc(Cl)cc(Cl)c1)c1c(F)c(F)c(F)c(F)c1F. The van der Waals surface area contributed by atoms with E-state index in [1.165, 1.54) is 6.07 Å². The Labute approximate surface area is 124 Å². The second-order valence-electron chi connectivity index (χ2n) is 3.93. The predicted octanol–water partition coefficient (Wildman–Crippen LogP) is 4.92. The summed E-state index contributed by atoms with van der Waals surface area (Å²) in [5, 5.41) is -0.0653. The van der Waals surface area contributed by atoms with Gasteiger partial charge in [-0.3, -0.25) is 4.79 Å². The maximum atomic E-state index is 13.5. The van der Waals surface area contributed by atoms with Gasteiger partial charge in [-0.25, -0.2) is 22.0 Å². The molecule has 110 valence electrons. The first kappa shape index (κ1) is 15.7. The average molecular weight is 341 g/mol. The topological polar surface area (TPSA) is 17.1 Å². The third-order valence-electron chi connectivity index (χ3n) is 2.56. The van der Waals surface area contributed by atoms with Crippen molar-refractivity contribution in [2.75, 3.05) is 0 Å². The smallest absolute Gasteiger partial charge is 0.200 e. The van der Waals surface area contributed by atoms with Crippen LogP contribution in [0.5, 0.6) is 0 Å². The van der Waals surface area contributed by atoms with Crippen LogP contribution in [0.15, 0.2) is 18.2 Å². The van der Waals surface area contributed by atoms with Crippen molar-refractivity contribution in [3.05, 3.63) is 68.5 Å². The summed E-state index contributed by atoms with van der Waals surface area (Å²) in [6.07, 6.45) is 0. The number of benzene rings is 2. The van der Waals surface area contributed by atoms with Gasteiger partial charge >= 0.3 is 0 Å². The molecule has 0 heterocycles. The van der Waals surface area contributed by atoms with E-state index in [9.17, 15) is 26.7 Å². The van der Waals surface area contributed by atoms with Crippen molar-refractivity contribution >= 4 is 29.0 Å². The van der Waals surface area contributed by atoms with Crippen molar-refractivity contribution in [1.29, 1.82) is 0 Å². The summed E-state index contributed by atoms with van der Waals surface area (Å²) in [7, 11) is 0. The van der Waals surface area contributed by atoms with Crippen molar-refractivity contribution in [2.24, 2.45) is 0 Å². The minimum atomic E-state index is -2.34. The highest BCUT2D eigenvalue weighted by molar-refractivity contribution is 6.35. The molecule has 0 aliphatic carbocycles. The van der Waals surface area contributed by atoms with Crippen LogP contribution in [0.25, 0.3) is 0 Å². The van der Waals surface area contributed by atoms with Gasteiger partial charge in [0.05, 0.1) is 0 Å². The highest BCUT2D eigenvalue weighted by atomic mass is 35.5. The van der Waals surface area contributed by atoms with Gasteiger partial charge in [0.15, 0.2) is 29.1 Å². The molecule has 0 bridgehead atoms. The number of carbonyl (C=O) groups is 1.